The van der Waals surface area contributed by atoms with Gasteiger partial charge in [-0.25, -0.2) is 4.98 Å². The number of nitro groups is 1. The second-order valence-electron chi connectivity index (χ2n) is 5.21. The van der Waals surface area contributed by atoms with Gasteiger partial charge >= 0.3 is 0 Å². The van der Waals surface area contributed by atoms with Gasteiger partial charge in [0.1, 0.15) is 11.5 Å². The first-order valence-electron chi connectivity index (χ1n) is 7.17. The lowest BCUT2D eigenvalue weighted by molar-refractivity contribution is -0.384. The maximum absolute atomic E-state index is 12.5. The topological polar surface area (TPSA) is 150 Å². The van der Waals surface area contributed by atoms with E-state index in [9.17, 15) is 24.5 Å². The Hall–Kier alpha value is -3.60. The summed E-state index contributed by atoms with van der Waals surface area (Å²) in [6, 6.07) is 5.20. The van der Waals surface area contributed by atoms with Crippen LogP contribution in [-0.4, -0.2) is 26.3 Å². The molecule has 11 heteroatoms. The zero-order chi connectivity index (χ0) is 18.8. The van der Waals surface area contributed by atoms with E-state index < -0.39 is 22.3 Å². The standard InChI is InChI=1S/C15H11N5O5S/c16-13(22)9-3-4-26-14(9)18-12(21)6-19-7-17-11-2-1-8(20(24)25)5-10(11)15(19)23/h1-5,7H,6H2,(H2,16,22)(H,18,21). The molecule has 0 unspecified atom stereocenters. The molecule has 0 atom stereocenters. The number of carbonyl (C=O) groups excluding carboxylic acids is 2. The molecule has 2 heterocycles. The number of non-ortho nitro benzene ring substituents is 1. The van der Waals surface area contributed by atoms with E-state index in [0.717, 1.165) is 22.0 Å². The lowest BCUT2D eigenvalue weighted by Crippen LogP contribution is -2.28. The number of rotatable bonds is 5. The van der Waals surface area contributed by atoms with Crippen LogP contribution in [0.25, 0.3) is 10.9 Å². The Balaban J connectivity index is 1.88. The van der Waals surface area contributed by atoms with Crippen molar-refractivity contribution in [3.63, 3.8) is 0 Å². The van der Waals surface area contributed by atoms with Crippen molar-refractivity contribution in [1.29, 1.82) is 0 Å². The molecule has 132 valence electrons. The van der Waals surface area contributed by atoms with Crippen LogP contribution >= 0.6 is 11.3 Å². The quantitative estimate of drug-likeness (QED) is 0.505. The van der Waals surface area contributed by atoms with Crippen LogP contribution in [0.2, 0.25) is 0 Å². The number of fused-ring (bicyclic) bond motifs is 1. The molecule has 3 N–H and O–H groups in total. The Morgan fingerprint density at radius 1 is 1.35 bits per heavy atom. The number of nitrogens with two attached hydrogens (primary N) is 1. The van der Waals surface area contributed by atoms with Crippen LogP contribution in [0.5, 0.6) is 0 Å². The summed E-state index contributed by atoms with van der Waals surface area (Å²) in [4.78, 5) is 50.2. The van der Waals surface area contributed by atoms with Crippen LogP contribution in [0.15, 0.2) is 40.8 Å². The molecular formula is C15H11N5O5S. The lowest BCUT2D eigenvalue weighted by atomic mass is 10.2. The summed E-state index contributed by atoms with van der Waals surface area (Å²) in [6.45, 7) is -0.374. The molecule has 0 radical (unpaired) electrons. The molecule has 0 saturated carbocycles. The molecule has 2 amide bonds. The maximum atomic E-state index is 12.5. The highest BCUT2D eigenvalue weighted by molar-refractivity contribution is 7.14. The third-order valence-electron chi connectivity index (χ3n) is 3.52. The number of hydrogen-bond acceptors (Lipinski definition) is 7. The van der Waals surface area contributed by atoms with Crippen molar-refractivity contribution in [3.05, 3.63) is 62.0 Å². The van der Waals surface area contributed by atoms with Crippen LogP contribution < -0.4 is 16.6 Å². The second kappa shape index (κ2) is 6.72. The number of hydrogen-bond donors (Lipinski definition) is 2. The fourth-order valence-corrected chi connectivity index (χ4v) is 3.10. The Morgan fingerprint density at radius 3 is 2.81 bits per heavy atom. The van der Waals surface area contributed by atoms with Gasteiger partial charge in [0.05, 0.1) is 27.7 Å². The predicted molar refractivity (Wildman–Crippen MR) is 94.1 cm³/mol. The molecular weight excluding hydrogens is 362 g/mol. The Morgan fingerprint density at radius 2 is 2.12 bits per heavy atom. The number of carbonyl (C=O) groups is 2. The summed E-state index contributed by atoms with van der Waals surface area (Å²) in [5, 5.41) is 15.3. The van der Waals surface area contributed by atoms with Gasteiger partial charge in [0, 0.05) is 12.1 Å². The first kappa shape index (κ1) is 17.2. The number of anilines is 1. The van der Waals surface area contributed by atoms with E-state index in [1.165, 1.54) is 24.5 Å². The van der Waals surface area contributed by atoms with Crippen molar-refractivity contribution in [2.24, 2.45) is 5.73 Å². The SMILES string of the molecule is NC(=O)c1ccsc1NC(=O)Cn1cnc2ccc([N+](=O)[O-])cc2c1=O. The molecule has 0 aliphatic heterocycles. The van der Waals surface area contributed by atoms with Gasteiger partial charge in [-0.3, -0.25) is 29.1 Å². The lowest BCUT2D eigenvalue weighted by Gasteiger charge is -2.07. The number of amides is 2. The Bertz CT molecular complexity index is 1100. The maximum Gasteiger partial charge on any atom is 0.270 e. The number of primary amides is 1. The average Bonchev–Trinajstić information content (AvgIpc) is 3.05. The summed E-state index contributed by atoms with van der Waals surface area (Å²) in [7, 11) is 0. The molecule has 0 saturated heterocycles. The van der Waals surface area contributed by atoms with Crippen molar-refractivity contribution in [1.82, 2.24) is 9.55 Å². The predicted octanol–water partition coefficient (Wildman–Crippen LogP) is 1.10. The summed E-state index contributed by atoms with van der Waals surface area (Å²) in [5.41, 5.74) is 4.83. The summed E-state index contributed by atoms with van der Waals surface area (Å²) in [6.07, 6.45) is 1.18. The first-order valence-corrected chi connectivity index (χ1v) is 8.05. The molecule has 26 heavy (non-hydrogen) atoms. The molecule has 1 aromatic carbocycles. The molecule has 0 fully saturated rings. The van der Waals surface area contributed by atoms with E-state index in [-0.39, 0.29) is 33.7 Å². The van der Waals surface area contributed by atoms with E-state index in [2.05, 4.69) is 10.3 Å². The third kappa shape index (κ3) is 3.28. The minimum Gasteiger partial charge on any atom is -0.366 e. The van der Waals surface area contributed by atoms with Gasteiger partial charge in [0.25, 0.3) is 17.2 Å². The average molecular weight is 373 g/mol. The van der Waals surface area contributed by atoms with Crippen molar-refractivity contribution in [2.75, 3.05) is 5.32 Å². The summed E-state index contributed by atoms with van der Waals surface area (Å²) >= 11 is 1.12. The second-order valence-corrected chi connectivity index (χ2v) is 6.13. The number of aromatic nitrogens is 2. The number of nitro benzene ring substituents is 1. The number of benzene rings is 1. The molecule has 10 nitrogen and oxygen atoms in total. The smallest absolute Gasteiger partial charge is 0.270 e. The van der Waals surface area contributed by atoms with Crippen LogP contribution in [-0.2, 0) is 11.3 Å². The van der Waals surface area contributed by atoms with Crippen molar-refractivity contribution in [3.8, 4) is 0 Å². The molecule has 2 aromatic heterocycles. The molecule has 3 rings (SSSR count). The Kier molecular flexibility index (Phi) is 4.45. The fourth-order valence-electron chi connectivity index (χ4n) is 2.29. The van der Waals surface area contributed by atoms with E-state index in [0.29, 0.717) is 0 Å². The van der Waals surface area contributed by atoms with Crippen molar-refractivity contribution < 1.29 is 14.5 Å². The summed E-state index contributed by atoms with van der Waals surface area (Å²) in [5.74, 6) is -1.25. The van der Waals surface area contributed by atoms with Gasteiger partial charge in [-0.05, 0) is 17.5 Å². The van der Waals surface area contributed by atoms with E-state index in [1.807, 2.05) is 0 Å². The van der Waals surface area contributed by atoms with Gasteiger partial charge in [0.15, 0.2) is 0 Å². The van der Waals surface area contributed by atoms with Crippen LogP contribution in [0.3, 0.4) is 0 Å². The highest BCUT2D eigenvalue weighted by Crippen LogP contribution is 2.22. The number of thiophene rings is 1. The van der Waals surface area contributed by atoms with E-state index in [1.54, 1.807) is 5.38 Å². The summed E-state index contributed by atoms with van der Waals surface area (Å²) < 4.78 is 1.03. The van der Waals surface area contributed by atoms with Crippen molar-refractivity contribution >= 4 is 44.7 Å². The van der Waals surface area contributed by atoms with Crippen LogP contribution in [0, 0.1) is 10.1 Å². The molecule has 0 bridgehead atoms. The highest BCUT2D eigenvalue weighted by Gasteiger charge is 2.15. The minimum absolute atomic E-state index is 0.0310. The third-order valence-corrected chi connectivity index (χ3v) is 4.35. The van der Waals surface area contributed by atoms with Gasteiger partial charge in [0.2, 0.25) is 5.91 Å². The Labute approximate surface area is 149 Å². The number of nitrogens with zero attached hydrogens (tertiary/aromatic N) is 3. The van der Waals surface area contributed by atoms with Crippen molar-refractivity contribution in [2.45, 2.75) is 6.54 Å². The molecule has 3 aromatic rings. The zero-order valence-corrected chi connectivity index (χ0v) is 13.9. The van der Waals surface area contributed by atoms with E-state index in [4.69, 9.17) is 5.73 Å². The van der Waals surface area contributed by atoms with E-state index >= 15 is 0 Å². The minimum atomic E-state index is -0.682. The molecule has 0 aliphatic rings. The first-order chi connectivity index (χ1) is 12.4. The van der Waals surface area contributed by atoms with Gasteiger partial charge in [-0.15, -0.1) is 11.3 Å². The fraction of sp³-hybridized carbons (Fsp3) is 0.0667. The van der Waals surface area contributed by atoms with Crippen LogP contribution in [0.1, 0.15) is 10.4 Å². The largest absolute Gasteiger partial charge is 0.366 e. The number of nitrogens with one attached hydrogen (secondary N) is 1. The van der Waals surface area contributed by atoms with Crippen LogP contribution in [0.4, 0.5) is 10.7 Å². The normalized spacial score (nSPS) is 10.6. The monoisotopic (exact) mass is 373 g/mol. The highest BCUT2D eigenvalue weighted by atomic mass is 32.1. The van der Waals surface area contributed by atoms with Gasteiger partial charge < -0.3 is 11.1 Å². The zero-order valence-electron chi connectivity index (χ0n) is 13.0. The van der Waals surface area contributed by atoms with Gasteiger partial charge in [-0.1, -0.05) is 0 Å². The molecule has 0 aliphatic carbocycles. The molecule has 0 spiro atoms. The van der Waals surface area contributed by atoms with Gasteiger partial charge in [-0.2, -0.15) is 0 Å².